The number of fused-ring (bicyclic) bond motifs is 1. The number of amides is 1. The molecule has 1 amide bonds. The first kappa shape index (κ1) is 15.0. The minimum absolute atomic E-state index is 0.00124. The van der Waals surface area contributed by atoms with E-state index < -0.39 is 0 Å². The number of hydrogen-bond donors (Lipinski definition) is 1. The van der Waals surface area contributed by atoms with Crippen LogP contribution in [0.15, 0.2) is 11.4 Å². The van der Waals surface area contributed by atoms with Crippen molar-refractivity contribution in [3.8, 4) is 0 Å². The monoisotopic (exact) mass is 307 g/mol. The van der Waals surface area contributed by atoms with E-state index in [0.29, 0.717) is 11.9 Å². The Morgan fingerprint density at radius 3 is 3.14 bits per heavy atom. The fourth-order valence-corrected chi connectivity index (χ4v) is 4.34. The van der Waals surface area contributed by atoms with E-state index in [2.05, 4.69) is 28.6 Å². The Morgan fingerprint density at radius 1 is 1.48 bits per heavy atom. The van der Waals surface area contributed by atoms with E-state index in [4.69, 9.17) is 0 Å². The van der Waals surface area contributed by atoms with Gasteiger partial charge in [0.2, 0.25) is 5.91 Å². The van der Waals surface area contributed by atoms with E-state index in [1.807, 2.05) is 23.3 Å². The van der Waals surface area contributed by atoms with Crippen LogP contribution in [-0.2, 0) is 17.8 Å². The van der Waals surface area contributed by atoms with Crippen LogP contribution in [0.2, 0.25) is 0 Å². The van der Waals surface area contributed by atoms with E-state index in [1.165, 1.54) is 23.3 Å². The Labute approximate surface area is 131 Å². The van der Waals surface area contributed by atoms with Crippen LogP contribution in [0.1, 0.15) is 30.2 Å². The van der Waals surface area contributed by atoms with Crippen molar-refractivity contribution in [2.45, 2.75) is 44.8 Å². The first-order valence-corrected chi connectivity index (χ1v) is 8.82. The van der Waals surface area contributed by atoms with Crippen LogP contribution >= 0.6 is 11.3 Å². The molecular formula is C16H25N3OS. The molecule has 0 aliphatic carbocycles. The first-order valence-electron chi connectivity index (χ1n) is 7.94. The summed E-state index contributed by atoms with van der Waals surface area (Å²) in [5.74, 6) is 0.295. The zero-order valence-corrected chi connectivity index (χ0v) is 13.8. The molecule has 2 aliphatic heterocycles. The van der Waals surface area contributed by atoms with Crippen molar-refractivity contribution in [1.29, 1.82) is 0 Å². The van der Waals surface area contributed by atoms with Gasteiger partial charge in [0.1, 0.15) is 0 Å². The molecule has 1 aromatic heterocycles. The largest absolute Gasteiger partial charge is 0.337 e. The van der Waals surface area contributed by atoms with Crippen molar-refractivity contribution in [3.05, 3.63) is 21.9 Å². The van der Waals surface area contributed by atoms with Crippen LogP contribution < -0.4 is 5.32 Å². The third-order valence-electron chi connectivity index (χ3n) is 4.89. The smallest absolute Gasteiger partial charge is 0.239 e. The highest BCUT2D eigenvalue weighted by Crippen LogP contribution is 2.25. The zero-order chi connectivity index (χ0) is 14.8. The van der Waals surface area contributed by atoms with Gasteiger partial charge in [-0.3, -0.25) is 9.69 Å². The molecule has 116 valence electrons. The molecule has 2 atom stereocenters. The molecule has 1 aromatic rings. The van der Waals surface area contributed by atoms with Gasteiger partial charge in [0.15, 0.2) is 0 Å². The summed E-state index contributed by atoms with van der Waals surface area (Å²) in [5, 5.41) is 5.49. The molecule has 3 heterocycles. The molecule has 1 saturated heterocycles. The molecule has 0 radical (unpaired) electrons. The highest BCUT2D eigenvalue weighted by molar-refractivity contribution is 7.10. The Hall–Kier alpha value is -0.910. The number of nitrogens with one attached hydrogen (secondary N) is 1. The lowest BCUT2D eigenvalue weighted by Gasteiger charge is -2.38. The highest BCUT2D eigenvalue weighted by atomic mass is 32.1. The maximum atomic E-state index is 12.8. The van der Waals surface area contributed by atoms with Crippen molar-refractivity contribution < 1.29 is 4.79 Å². The van der Waals surface area contributed by atoms with Crippen LogP contribution in [0.3, 0.4) is 0 Å². The van der Waals surface area contributed by atoms with Crippen LogP contribution in [0.25, 0.3) is 0 Å². The van der Waals surface area contributed by atoms with Crippen molar-refractivity contribution in [2.75, 3.05) is 26.7 Å². The Bertz CT molecular complexity index is 501. The van der Waals surface area contributed by atoms with E-state index in [0.717, 1.165) is 32.6 Å². The molecule has 0 spiro atoms. The number of rotatable bonds is 3. The third kappa shape index (κ3) is 3.15. The highest BCUT2D eigenvalue weighted by Gasteiger charge is 2.31. The SMILES string of the molecule is CNC1CCCN(C(C)C(=O)N2CCc3sccc3C2)C1. The summed E-state index contributed by atoms with van der Waals surface area (Å²) in [6.45, 7) is 5.78. The molecule has 4 nitrogen and oxygen atoms in total. The Morgan fingerprint density at radius 2 is 2.33 bits per heavy atom. The van der Waals surface area contributed by atoms with E-state index in [9.17, 15) is 4.79 Å². The summed E-state index contributed by atoms with van der Waals surface area (Å²) in [4.78, 5) is 18.6. The van der Waals surface area contributed by atoms with Crippen LogP contribution in [0.5, 0.6) is 0 Å². The summed E-state index contributed by atoms with van der Waals surface area (Å²) in [6, 6.07) is 2.70. The average molecular weight is 307 g/mol. The summed E-state index contributed by atoms with van der Waals surface area (Å²) >= 11 is 1.82. The molecule has 0 aromatic carbocycles. The number of hydrogen-bond acceptors (Lipinski definition) is 4. The van der Waals surface area contributed by atoms with Crippen molar-refractivity contribution in [3.63, 3.8) is 0 Å². The van der Waals surface area contributed by atoms with Crippen molar-refractivity contribution in [2.24, 2.45) is 0 Å². The molecule has 1 fully saturated rings. The normalized spacial score (nSPS) is 24.7. The first-order chi connectivity index (χ1) is 10.2. The predicted octanol–water partition coefficient (Wildman–Crippen LogP) is 1.71. The van der Waals surface area contributed by atoms with Gasteiger partial charge in [-0.15, -0.1) is 11.3 Å². The van der Waals surface area contributed by atoms with Gasteiger partial charge in [-0.05, 0) is 56.8 Å². The van der Waals surface area contributed by atoms with Gasteiger partial charge in [0.25, 0.3) is 0 Å². The lowest BCUT2D eigenvalue weighted by atomic mass is 10.0. The second-order valence-electron chi connectivity index (χ2n) is 6.18. The molecular weight excluding hydrogens is 282 g/mol. The number of carbonyl (C=O) groups excluding carboxylic acids is 1. The van der Waals surface area contributed by atoms with Gasteiger partial charge in [-0.1, -0.05) is 0 Å². The van der Waals surface area contributed by atoms with Crippen LogP contribution in [0.4, 0.5) is 0 Å². The molecule has 0 saturated carbocycles. The molecule has 2 aliphatic rings. The summed E-state index contributed by atoms with van der Waals surface area (Å²) in [6.07, 6.45) is 3.41. The van der Waals surface area contributed by atoms with Crippen LogP contribution in [-0.4, -0.2) is 54.5 Å². The number of likely N-dealkylation sites (tertiary alicyclic amines) is 1. The lowest BCUT2D eigenvalue weighted by Crippen LogP contribution is -2.54. The number of nitrogens with zero attached hydrogens (tertiary/aromatic N) is 2. The minimum Gasteiger partial charge on any atom is -0.337 e. The molecule has 5 heteroatoms. The summed E-state index contributed by atoms with van der Waals surface area (Å²) < 4.78 is 0. The third-order valence-corrected chi connectivity index (χ3v) is 5.91. The lowest BCUT2D eigenvalue weighted by molar-refractivity contribution is -0.137. The minimum atomic E-state index is 0.00124. The van der Waals surface area contributed by atoms with Gasteiger partial charge in [0.05, 0.1) is 6.04 Å². The number of likely N-dealkylation sites (N-methyl/N-ethyl adjacent to an activating group) is 1. The summed E-state index contributed by atoms with van der Waals surface area (Å²) in [7, 11) is 2.02. The fraction of sp³-hybridized carbons (Fsp3) is 0.688. The van der Waals surface area contributed by atoms with Crippen LogP contribution in [0, 0.1) is 0 Å². The van der Waals surface area contributed by atoms with Gasteiger partial charge < -0.3 is 10.2 Å². The Balaban J connectivity index is 1.62. The molecule has 3 rings (SSSR count). The molecule has 21 heavy (non-hydrogen) atoms. The number of carbonyl (C=O) groups is 1. The number of thiophene rings is 1. The van der Waals surface area contributed by atoms with E-state index in [1.54, 1.807) is 0 Å². The average Bonchev–Trinajstić information content (AvgIpc) is 3.01. The molecule has 2 unspecified atom stereocenters. The number of piperidine rings is 1. The fourth-order valence-electron chi connectivity index (χ4n) is 3.45. The van der Waals surface area contributed by atoms with E-state index in [-0.39, 0.29) is 6.04 Å². The van der Waals surface area contributed by atoms with Gasteiger partial charge in [-0.25, -0.2) is 0 Å². The Kier molecular flexibility index (Phi) is 4.62. The zero-order valence-electron chi connectivity index (χ0n) is 13.0. The predicted molar refractivity (Wildman–Crippen MR) is 86.6 cm³/mol. The topological polar surface area (TPSA) is 35.6 Å². The maximum Gasteiger partial charge on any atom is 0.239 e. The van der Waals surface area contributed by atoms with Gasteiger partial charge >= 0.3 is 0 Å². The second-order valence-corrected chi connectivity index (χ2v) is 7.18. The van der Waals surface area contributed by atoms with Gasteiger partial charge in [-0.2, -0.15) is 0 Å². The molecule has 1 N–H and O–H groups in total. The second kappa shape index (κ2) is 6.46. The maximum absolute atomic E-state index is 12.8. The van der Waals surface area contributed by atoms with Crippen molar-refractivity contribution >= 4 is 17.2 Å². The standard InChI is InChI=1S/C16H25N3OS/c1-12(18-7-3-4-14(11-18)17-2)16(20)19-8-5-15-13(10-19)6-9-21-15/h6,9,12,14,17H,3-5,7-8,10-11H2,1-2H3. The van der Waals surface area contributed by atoms with E-state index >= 15 is 0 Å². The van der Waals surface area contributed by atoms with Crippen molar-refractivity contribution in [1.82, 2.24) is 15.1 Å². The molecule has 0 bridgehead atoms. The quantitative estimate of drug-likeness (QED) is 0.923. The summed E-state index contributed by atoms with van der Waals surface area (Å²) in [5.41, 5.74) is 1.35. The van der Waals surface area contributed by atoms with Gasteiger partial charge in [0, 0.05) is 30.6 Å².